The minimum absolute atomic E-state index is 0.0280. The van der Waals surface area contributed by atoms with Gasteiger partial charge in [0.2, 0.25) is 0 Å². The first-order valence-corrected chi connectivity index (χ1v) is 12.2. The Morgan fingerprint density at radius 1 is 1.00 bits per heavy atom. The van der Waals surface area contributed by atoms with E-state index in [0.717, 1.165) is 28.6 Å². The second-order valence-electron chi connectivity index (χ2n) is 8.98. The van der Waals surface area contributed by atoms with Crippen molar-refractivity contribution in [3.63, 3.8) is 0 Å². The molecule has 0 spiro atoms. The van der Waals surface area contributed by atoms with Crippen LogP contribution in [0.4, 0.5) is 4.39 Å². The third-order valence-electron chi connectivity index (χ3n) is 7.08. The van der Waals surface area contributed by atoms with Gasteiger partial charge in [0.25, 0.3) is 17.7 Å². The summed E-state index contributed by atoms with van der Waals surface area (Å²) in [6.45, 7) is 0. The molecule has 1 saturated carbocycles. The first-order valence-electron chi connectivity index (χ1n) is 11.3. The average molecular weight is 515 g/mol. The summed E-state index contributed by atoms with van der Waals surface area (Å²) in [6.07, 6.45) is 4.57. The lowest BCUT2D eigenvalue weighted by molar-refractivity contribution is -0.157. The van der Waals surface area contributed by atoms with E-state index in [9.17, 15) is 23.6 Å². The standard InChI is InChI=1S/C26H21Cl2FN2O4/c27-12-11-20(23(32)14-7-9-17(29)10-8-14)30(24(33)18-3-1-2-4-19(18)28)31-25(34)21-15-5-6-16(13-15)22(21)26(31)35/h1-10,15-16,20-22H,11-13H2/t15-,16-,20-,21-,22-/m0/s1. The Hall–Kier alpha value is -3.03. The molecule has 2 bridgehead atoms. The van der Waals surface area contributed by atoms with E-state index < -0.39 is 47.2 Å². The molecule has 3 aliphatic rings. The van der Waals surface area contributed by atoms with Crippen molar-refractivity contribution in [1.82, 2.24) is 10.0 Å². The number of Topliss-reactive ketones (excluding diaryl/α,β-unsaturated/α-hetero) is 1. The lowest BCUT2D eigenvalue weighted by atomic mass is 9.85. The molecule has 3 amide bonds. The molecule has 1 heterocycles. The van der Waals surface area contributed by atoms with Gasteiger partial charge in [0.15, 0.2) is 5.78 Å². The molecule has 0 unspecified atom stereocenters. The third-order valence-corrected chi connectivity index (χ3v) is 7.63. The summed E-state index contributed by atoms with van der Waals surface area (Å²) in [7, 11) is 0. The van der Waals surface area contributed by atoms with Crippen molar-refractivity contribution >= 4 is 46.7 Å². The van der Waals surface area contributed by atoms with Crippen molar-refractivity contribution in [1.29, 1.82) is 0 Å². The van der Waals surface area contributed by atoms with Gasteiger partial charge in [-0.3, -0.25) is 19.2 Å². The highest BCUT2D eigenvalue weighted by Gasteiger charge is 2.62. The van der Waals surface area contributed by atoms with Crippen LogP contribution in [0.3, 0.4) is 0 Å². The summed E-state index contributed by atoms with van der Waals surface area (Å²) in [4.78, 5) is 54.7. The summed E-state index contributed by atoms with van der Waals surface area (Å²) < 4.78 is 13.5. The van der Waals surface area contributed by atoms with Crippen LogP contribution in [0.25, 0.3) is 0 Å². The first-order chi connectivity index (χ1) is 16.8. The van der Waals surface area contributed by atoms with Crippen molar-refractivity contribution < 1.29 is 23.6 Å². The molecule has 0 aromatic heterocycles. The number of fused-ring (bicyclic) bond motifs is 5. The van der Waals surface area contributed by atoms with E-state index in [2.05, 4.69) is 0 Å². The Bertz CT molecular complexity index is 1220. The number of rotatable bonds is 7. The maximum Gasteiger partial charge on any atom is 0.275 e. The number of imide groups is 1. The Kier molecular flexibility index (Phi) is 6.23. The van der Waals surface area contributed by atoms with Crippen molar-refractivity contribution in [2.75, 3.05) is 5.88 Å². The third kappa shape index (κ3) is 3.87. The first kappa shape index (κ1) is 23.7. The number of nitrogens with zero attached hydrogens (tertiary/aromatic N) is 2. The second kappa shape index (κ2) is 9.21. The van der Waals surface area contributed by atoms with Gasteiger partial charge in [-0.2, -0.15) is 5.01 Å². The van der Waals surface area contributed by atoms with Crippen LogP contribution in [0, 0.1) is 29.5 Å². The second-order valence-corrected chi connectivity index (χ2v) is 9.77. The Morgan fingerprint density at radius 2 is 1.60 bits per heavy atom. The number of halogens is 3. The number of allylic oxidation sites excluding steroid dienone is 2. The van der Waals surface area contributed by atoms with Crippen molar-refractivity contribution in [3.05, 3.63) is 82.6 Å². The lowest BCUT2D eigenvalue weighted by Gasteiger charge is -2.37. The van der Waals surface area contributed by atoms with Crippen LogP contribution >= 0.6 is 23.2 Å². The maximum atomic E-state index is 13.9. The molecule has 1 saturated heterocycles. The number of amides is 3. The van der Waals surface area contributed by atoms with E-state index in [1.54, 1.807) is 12.1 Å². The summed E-state index contributed by atoms with van der Waals surface area (Å²) in [5.41, 5.74) is 0.166. The molecule has 5 atom stereocenters. The van der Waals surface area contributed by atoms with Crippen molar-refractivity contribution in [2.24, 2.45) is 23.7 Å². The fraction of sp³-hybridized carbons (Fsp3) is 0.308. The van der Waals surface area contributed by atoms with E-state index in [0.29, 0.717) is 0 Å². The zero-order valence-electron chi connectivity index (χ0n) is 18.4. The monoisotopic (exact) mass is 514 g/mol. The smallest absolute Gasteiger partial charge is 0.275 e. The van der Waals surface area contributed by atoms with Crippen LogP contribution in [0.5, 0.6) is 0 Å². The molecule has 9 heteroatoms. The highest BCUT2D eigenvalue weighted by Crippen LogP contribution is 2.53. The zero-order chi connectivity index (χ0) is 24.9. The molecule has 2 aliphatic carbocycles. The summed E-state index contributed by atoms with van der Waals surface area (Å²) in [6, 6.07) is 9.79. The lowest BCUT2D eigenvalue weighted by Crippen LogP contribution is -2.58. The fourth-order valence-electron chi connectivity index (χ4n) is 5.50. The molecule has 0 radical (unpaired) electrons. The fourth-order valence-corrected chi connectivity index (χ4v) is 5.93. The number of carbonyl (C=O) groups is 4. The van der Waals surface area contributed by atoms with Gasteiger partial charge in [0.1, 0.15) is 11.9 Å². The van der Waals surface area contributed by atoms with Gasteiger partial charge in [0.05, 0.1) is 22.4 Å². The summed E-state index contributed by atoms with van der Waals surface area (Å²) >= 11 is 12.3. The van der Waals surface area contributed by atoms with E-state index in [4.69, 9.17) is 23.2 Å². The van der Waals surface area contributed by atoms with Gasteiger partial charge in [-0.15, -0.1) is 11.6 Å². The summed E-state index contributed by atoms with van der Waals surface area (Å²) in [5.74, 6) is -4.21. The van der Waals surface area contributed by atoms with Crippen LogP contribution in [-0.2, 0) is 9.59 Å². The van der Waals surface area contributed by atoms with Gasteiger partial charge >= 0.3 is 0 Å². The van der Waals surface area contributed by atoms with Gasteiger partial charge in [-0.25, -0.2) is 9.40 Å². The topological polar surface area (TPSA) is 74.8 Å². The summed E-state index contributed by atoms with van der Waals surface area (Å²) in [5, 5.41) is 1.88. The van der Waals surface area contributed by atoms with E-state index in [1.807, 2.05) is 12.2 Å². The zero-order valence-corrected chi connectivity index (χ0v) is 20.0. The van der Waals surface area contributed by atoms with E-state index >= 15 is 0 Å². The number of carbonyl (C=O) groups excluding carboxylic acids is 4. The van der Waals surface area contributed by atoms with Crippen LogP contribution in [-0.4, -0.2) is 45.4 Å². The van der Waals surface area contributed by atoms with Gasteiger partial charge in [0, 0.05) is 11.4 Å². The predicted octanol–water partition coefficient (Wildman–Crippen LogP) is 4.52. The average Bonchev–Trinajstić information content (AvgIpc) is 3.54. The highest BCUT2D eigenvalue weighted by atomic mass is 35.5. The molecule has 5 rings (SSSR count). The molecule has 2 fully saturated rings. The molecular formula is C26H21Cl2FN2O4. The molecule has 2 aromatic rings. The van der Waals surface area contributed by atoms with Crippen molar-refractivity contribution in [2.45, 2.75) is 18.9 Å². The number of alkyl halides is 1. The van der Waals surface area contributed by atoms with Gasteiger partial charge in [-0.05, 0) is 61.1 Å². The molecular weight excluding hydrogens is 494 g/mol. The van der Waals surface area contributed by atoms with Crippen LogP contribution < -0.4 is 0 Å². The quantitative estimate of drug-likeness (QED) is 0.235. The molecule has 0 N–H and O–H groups in total. The van der Waals surface area contributed by atoms with E-state index in [1.165, 1.54) is 24.3 Å². The number of benzene rings is 2. The predicted molar refractivity (Wildman–Crippen MR) is 127 cm³/mol. The number of hydrogen-bond donors (Lipinski definition) is 0. The van der Waals surface area contributed by atoms with Crippen LogP contribution in [0.2, 0.25) is 5.02 Å². The number of hydrazine groups is 1. The minimum atomic E-state index is -1.28. The van der Waals surface area contributed by atoms with Crippen LogP contribution in [0.1, 0.15) is 33.6 Å². The Labute approximate surface area is 211 Å². The Morgan fingerprint density at radius 3 is 2.17 bits per heavy atom. The van der Waals surface area contributed by atoms with Crippen LogP contribution in [0.15, 0.2) is 60.7 Å². The van der Waals surface area contributed by atoms with Gasteiger partial charge < -0.3 is 0 Å². The van der Waals surface area contributed by atoms with E-state index in [-0.39, 0.29) is 40.3 Å². The maximum absolute atomic E-state index is 13.9. The Balaban J connectivity index is 1.60. The normalized spacial score (nSPS) is 25.2. The van der Waals surface area contributed by atoms with Crippen molar-refractivity contribution in [3.8, 4) is 0 Å². The molecule has 6 nitrogen and oxygen atoms in total. The molecule has 180 valence electrons. The minimum Gasteiger partial charge on any atom is -0.292 e. The van der Waals surface area contributed by atoms with Gasteiger partial charge in [-0.1, -0.05) is 35.9 Å². The highest BCUT2D eigenvalue weighted by molar-refractivity contribution is 6.34. The SMILES string of the molecule is O=C(c1ccc(F)cc1)[C@H](CCCl)N(C(=O)c1ccccc1Cl)N1C(=O)[C@@H]2[C@@H](C1=O)[C@H]1C=C[C@H]2C1. The molecule has 2 aromatic carbocycles. The molecule has 1 aliphatic heterocycles. The largest absolute Gasteiger partial charge is 0.292 e. The molecule has 35 heavy (non-hydrogen) atoms. The number of hydrogen-bond acceptors (Lipinski definition) is 4. The number of ketones is 1.